The summed E-state index contributed by atoms with van der Waals surface area (Å²) in [6.07, 6.45) is 0. The Hall–Kier alpha value is -1.58. The lowest BCUT2D eigenvalue weighted by Gasteiger charge is -2.13. The number of methoxy groups -OCH3 is 1. The van der Waals surface area contributed by atoms with Gasteiger partial charge in [-0.3, -0.25) is 0 Å². The van der Waals surface area contributed by atoms with Gasteiger partial charge in [-0.05, 0) is 63.4 Å². The maximum absolute atomic E-state index is 9.31. The van der Waals surface area contributed by atoms with E-state index in [-0.39, 0.29) is 0 Å². The largest absolute Gasteiger partial charge is 0.495 e. The SMILES string of the molecule is COc1cc(Nc2nc(C)cc(C)c2C#N)c(Br)cc1Br. The number of nitrogens with zero attached hydrogens (tertiary/aromatic N) is 2. The van der Waals surface area contributed by atoms with Crippen LogP contribution in [0.25, 0.3) is 0 Å². The van der Waals surface area contributed by atoms with Crippen molar-refractivity contribution >= 4 is 43.4 Å². The first-order chi connectivity index (χ1) is 9.96. The van der Waals surface area contributed by atoms with Crippen molar-refractivity contribution in [3.8, 4) is 11.8 Å². The van der Waals surface area contributed by atoms with Gasteiger partial charge in [0.2, 0.25) is 0 Å². The van der Waals surface area contributed by atoms with E-state index >= 15 is 0 Å². The summed E-state index contributed by atoms with van der Waals surface area (Å²) in [6.45, 7) is 3.80. The molecule has 1 N–H and O–H groups in total. The number of hydrogen-bond donors (Lipinski definition) is 1. The number of halogens is 2. The molecule has 0 saturated heterocycles. The maximum Gasteiger partial charge on any atom is 0.148 e. The summed E-state index contributed by atoms with van der Waals surface area (Å²) in [5, 5.41) is 12.5. The van der Waals surface area contributed by atoms with Gasteiger partial charge >= 0.3 is 0 Å². The van der Waals surface area contributed by atoms with Crippen molar-refractivity contribution in [3.63, 3.8) is 0 Å². The molecule has 2 aromatic rings. The van der Waals surface area contributed by atoms with Crippen molar-refractivity contribution in [1.29, 1.82) is 5.26 Å². The molecule has 0 aliphatic rings. The molecule has 0 aliphatic heterocycles. The zero-order valence-corrected chi connectivity index (χ0v) is 15.0. The number of nitrogens with one attached hydrogen (secondary N) is 1. The van der Waals surface area contributed by atoms with Gasteiger partial charge < -0.3 is 10.1 Å². The van der Waals surface area contributed by atoms with Crippen molar-refractivity contribution in [1.82, 2.24) is 4.98 Å². The highest BCUT2D eigenvalue weighted by Gasteiger charge is 2.12. The van der Waals surface area contributed by atoms with Gasteiger partial charge in [0, 0.05) is 16.2 Å². The molecule has 6 heteroatoms. The number of anilines is 2. The molecule has 4 nitrogen and oxygen atoms in total. The van der Waals surface area contributed by atoms with E-state index in [1.807, 2.05) is 32.0 Å². The van der Waals surface area contributed by atoms with Crippen LogP contribution in [0.5, 0.6) is 5.75 Å². The minimum Gasteiger partial charge on any atom is -0.495 e. The number of rotatable bonds is 3. The predicted molar refractivity (Wildman–Crippen MR) is 90.1 cm³/mol. The third-order valence-electron chi connectivity index (χ3n) is 2.95. The second kappa shape index (κ2) is 6.46. The van der Waals surface area contributed by atoms with Crippen LogP contribution in [0.3, 0.4) is 0 Å². The Morgan fingerprint density at radius 2 is 1.90 bits per heavy atom. The number of nitriles is 1. The summed E-state index contributed by atoms with van der Waals surface area (Å²) in [7, 11) is 1.60. The molecular formula is C15H13Br2N3O. The molecule has 21 heavy (non-hydrogen) atoms. The summed E-state index contributed by atoms with van der Waals surface area (Å²) in [5.41, 5.74) is 3.07. The molecule has 0 radical (unpaired) electrons. The van der Waals surface area contributed by atoms with Gasteiger partial charge in [0.25, 0.3) is 0 Å². The van der Waals surface area contributed by atoms with Gasteiger partial charge in [0.1, 0.15) is 17.6 Å². The zero-order valence-electron chi connectivity index (χ0n) is 11.8. The van der Waals surface area contributed by atoms with Crippen LogP contribution in [0.15, 0.2) is 27.1 Å². The maximum atomic E-state index is 9.31. The minimum absolute atomic E-state index is 0.536. The second-order valence-electron chi connectivity index (χ2n) is 4.51. The van der Waals surface area contributed by atoms with Crippen LogP contribution < -0.4 is 10.1 Å². The van der Waals surface area contributed by atoms with Crippen molar-refractivity contribution in [2.24, 2.45) is 0 Å². The quantitative estimate of drug-likeness (QED) is 0.785. The van der Waals surface area contributed by atoms with Crippen molar-refractivity contribution in [2.45, 2.75) is 13.8 Å². The molecular weight excluding hydrogens is 398 g/mol. The van der Waals surface area contributed by atoms with Crippen LogP contribution in [0, 0.1) is 25.2 Å². The van der Waals surface area contributed by atoms with Crippen molar-refractivity contribution < 1.29 is 4.74 Å². The molecule has 0 saturated carbocycles. The van der Waals surface area contributed by atoms with E-state index in [9.17, 15) is 5.26 Å². The summed E-state index contributed by atoms with van der Waals surface area (Å²) >= 11 is 6.92. The summed E-state index contributed by atoms with van der Waals surface area (Å²) in [5.74, 6) is 1.24. The monoisotopic (exact) mass is 409 g/mol. The highest BCUT2D eigenvalue weighted by Crippen LogP contribution is 2.36. The van der Waals surface area contributed by atoms with E-state index in [0.29, 0.717) is 17.1 Å². The molecule has 2 rings (SSSR count). The third kappa shape index (κ3) is 3.36. The Bertz CT molecular complexity index is 739. The third-order valence-corrected chi connectivity index (χ3v) is 4.23. The van der Waals surface area contributed by atoms with E-state index in [2.05, 4.69) is 48.2 Å². The predicted octanol–water partition coefficient (Wildman–Crippen LogP) is 4.85. The van der Waals surface area contributed by atoms with E-state index in [1.165, 1.54) is 0 Å². The molecule has 1 aromatic heterocycles. The van der Waals surface area contributed by atoms with Crippen LogP contribution in [-0.4, -0.2) is 12.1 Å². The van der Waals surface area contributed by atoms with Crippen LogP contribution in [0.1, 0.15) is 16.8 Å². The molecule has 0 amide bonds. The minimum atomic E-state index is 0.536. The number of pyridine rings is 1. The van der Waals surface area contributed by atoms with Crippen molar-refractivity contribution in [3.05, 3.63) is 44.0 Å². The van der Waals surface area contributed by atoms with Crippen LogP contribution in [0.2, 0.25) is 0 Å². The number of hydrogen-bond acceptors (Lipinski definition) is 4. The average Bonchev–Trinajstić information content (AvgIpc) is 2.41. The van der Waals surface area contributed by atoms with Crippen LogP contribution in [-0.2, 0) is 0 Å². The fourth-order valence-electron chi connectivity index (χ4n) is 1.98. The first-order valence-corrected chi connectivity index (χ1v) is 7.73. The standard InChI is InChI=1S/C15H13Br2N3O/c1-8-4-9(2)19-15(10(8)7-18)20-13-6-14(21-3)12(17)5-11(13)16/h4-6H,1-3H3,(H,19,20). The summed E-state index contributed by atoms with van der Waals surface area (Å²) in [4.78, 5) is 4.41. The van der Waals surface area contributed by atoms with Crippen molar-refractivity contribution in [2.75, 3.05) is 12.4 Å². The Kier molecular flexibility index (Phi) is 4.86. The molecule has 0 fully saturated rings. The average molecular weight is 411 g/mol. The van der Waals surface area contributed by atoms with Gasteiger partial charge in [0.05, 0.1) is 22.8 Å². The van der Waals surface area contributed by atoms with E-state index < -0.39 is 0 Å². The smallest absolute Gasteiger partial charge is 0.148 e. The van der Waals surface area contributed by atoms with Gasteiger partial charge in [-0.15, -0.1) is 0 Å². The first kappa shape index (κ1) is 15.8. The molecule has 0 aliphatic carbocycles. The Morgan fingerprint density at radius 1 is 1.19 bits per heavy atom. The molecule has 1 aromatic carbocycles. The molecule has 0 unspecified atom stereocenters. The molecule has 0 bridgehead atoms. The van der Waals surface area contributed by atoms with E-state index in [0.717, 1.165) is 25.9 Å². The highest BCUT2D eigenvalue weighted by atomic mass is 79.9. The summed E-state index contributed by atoms with van der Waals surface area (Å²) < 4.78 is 6.98. The topological polar surface area (TPSA) is 57.9 Å². The van der Waals surface area contributed by atoms with E-state index in [1.54, 1.807) is 7.11 Å². The molecule has 108 valence electrons. The molecule has 1 heterocycles. The normalized spacial score (nSPS) is 10.1. The van der Waals surface area contributed by atoms with Gasteiger partial charge in [-0.1, -0.05) is 0 Å². The lowest BCUT2D eigenvalue weighted by Crippen LogP contribution is -2.01. The Labute approximate surface area is 140 Å². The Balaban J connectivity index is 2.51. The number of benzene rings is 1. The number of aryl methyl sites for hydroxylation is 2. The lowest BCUT2D eigenvalue weighted by atomic mass is 10.1. The second-order valence-corrected chi connectivity index (χ2v) is 6.22. The summed E-state index contributed by atoms with van der Waals surface area (Å²) in [6, 6.07) is 7.81. The fraction of sp³-hybridized carbons (Fsp3) is 0.200. The number of ether oxygens (including phenoxy) is 1. The molecule has 0 atom stereocenters. The van der Waals surface area contributed by atoms with Crippen LogP contribution in [0.4, 0.5) is 11.5 Å². The zero-order chi connectivity index (χ0) is 15.6. The highest BCUT2D eigenvalue weighted by molar-refractivity contribution is 9.11. The molecule has 0 spiro atoms. The van der Waals surface area contributed by atoms with Gasteiger partial charge in [-0.2, -0.15) is 5.26 Å². The van der Waals surface area contributed by atoms with E-state index in [4.69, 9.17) is 4.74 Å². The van der Waals surface area contributed by atoms with Crippen LogP contribution >= 0.6 is 31.9 Å². The van der Waals surface area contributed by atoms with Gasteiger partial charge in [0.15, 0.2) is 0 Å². The lowest BCUT2D eigenvalue weighted by molar-refractivity contribution is 0.412. The van der Waals surface area contributed by atoms with Gasteiger partial charge in [-0.25, -0.2) is 4.98 Å². The number of aromatic nitrogens is 1. The fourth-order valence-corrected chi connectivity index (χ4v) is 3.23. The first-order valence-electron chi connectivity index (χ1n) is 6.14. The Morgan fingerprint density at radius 3 is 2.52 bits per heavy atom.